The molecule has 3 nitrogen and oxygen atoms in total. The van der Waals surface area contributed by atoms with Gasteiger partial charge in [0.2, 0.25) is 0 Å². The molecule has 0 aliphatic rings. The minimum Gasteiger partial charge on any atom is -0.392 e. The minimum atomic E-state index is 0.0807. The van der Waals surface area contributed by atoms with Gasteiger partial charge in [0.25, 0.3) is 0 Å². The van der Waals surface area contributed by atoms with Crippen LogP contribution in [0.2, 0.25) is 0 Å². The van der Waals surface area contributed by atoms with Crippen molar-refractivity contribution in [1.82, 2.24) is 4.57 Å². The molecule has 2 aromatic carbocycles. The van der Waals surface area contributed by atoms with Crippen LogP contribution in [0, 0.1) is 5.92 Å². The smallest absolute Gasteiger partial charge is 0.0682 e. The van der Waals surface area contributed by atoms with Gasteiger partial charge in [0, 0.05) is 40.6 Å². The van der Waals surface area contributed by atoms with Crippen LogP contribution in [0.3, 0.4) is 0 Å². The number of anilines is 1. The Kier molecular flexibility index (Phi) is 6.79. The van der Waals surface area contributed by atoms with Gasteiger partial charge in [0.1, 0.15) is 0 Å². The molecule has 0 aliphatic carbocycles. The maximum Gasteiger partial charge on any atom is 0.0682 e. The molecule has 0 spiro atoms. The van der Waals surface area contributed by atoms with E-state index in [1.807, 2.05) is 6.07 Å². The van der Waals surface area contributed by atoms with Crippen molar-refractivity contribution in [3.8, 4) is 0 Å². The third-order valence-electron chi connectivity index (χ3n) is 5.61. The van der Waals surface area contributed by atoms with Gasteiger partial charge < -0.3 is 15.0 Å². The fraction of sp³-hybridized carbons (Fsp3) is 0.440. The normalized spacial score (nSPS) is 12.5. The van der Waals surface area contributed by atoms with Crippen LogP contribution in [0.25, 0.3) is 21.8 Å². The zero-order valence-electron chi connectivity index (χ0n) is 17.8. The number of hydrogen-bond donors (Lipinski definition) is 2. The van der Waals surface area contributed by atoms with Crippen LogP contribution in [0.5, 0.6) is 0 Å². The third-order valence-corrected chi connectivity index (χ3v) is 5.61. The highest BCUT2D eigenvalue weighted by Gasteiger charge is 2.11. The highest BCUT2D eigenvalue weighted by molar-refractivity contribution is 6.09. The molecule has 1 unspecified atom stereocenters. The van der Waals surface area contributed by atoms with E-state index in [0.717, 1.165) is 24.6 Å². The second-order valence-corrected chi connectivity index (χ2v) is 8.17. The standard InChI is InChI=1S/C25H34N2O/c1-5-27-24-11-9-20(17-28)15-22(24)23-16-21(10-12-25(23)27)26-14-13-19(4)8-6-7-18(2)3/h7,9-12,15-16,19,26,28H,5-6,8,13-14,17H2,1-4H3. The van der Waals surface area contributed by atoms with Gasteiger partial charge in [0.05, 0.1) is 6.61 Å². The number of allylic oxidation sites excluding steroid dienone is 2. The number of rotatable bonds is 9. The van der Waals surface area contributed by atoms with Crippen molar-refractivity contribution in [2.24, 2.45) is 5.92 Å². The number of nitrogens with zero attached hydrogens (tertiary/aromatic N) is 1. The summed E-state index contributed by atoms with van der Waals surface area (Å²) in [7, 11) is 0. The molecule has 1 aromatic heterocycles. The third kappa shape index (κ3) is 4.59. The fourth-order valence-corrected chi connectivity index (χ4v) is 3.96. The minimum absolute atomic E-state index is 0.0807. The van der Waals surface area contributed by atoms with Crippen LogP contribution in [-0.2, 0) is 13.2 Å². The van der Waals surface area contributed by atoms with Crippen LogP contribution in [-0.4, -0.2) is 16.2 Å². The van der Waals surface area contributed by atoms with E-state index in [1.165, 1.54) is 52.3 Å². The van der Waals surface area contributed by atoms with E-state index in [9.17, 15) is 5.11 Å². The van der Waals surface area contributed by atoms with Crippen molar-refractivity contribution in [2.75, 3.05) is 11.9 Å². The van der Waals surface area contributed by atoms with Gasteiger partial charge in [-0.05, 0) is 81.8 Å². The molecule has 2 N–H and O–H groups in total. The number of nitrogens with one attached hydrogen (secondary N) is 1. The van der Waals surface area contributed by atoms with E-state index in [0.29, 0.717) is 0 Å². The van der Waals surface area contributed by atoms with Gasteiger partial charge in [0.15, 0.2) is 0 Å². The molecule has 0 aliphatic heterocycles. The quantitative estimate of drug-likeness (QED) is 0.417. The number of hydrogen-bond acceptors (Lipinski definition) is 2. The van der Waals surface area contributed by atoms with Gasteiger partial charge in [-0.2, -0.15) is 0 Å². The first-order chi connectivity index (χ1) is 13.5. The van der Waals surface area contributed by atoms with Gasteiger partial charge >= 0.3 is 0 Å². The maximum atomic E-state index is 9.52. The molecule has 28 heavy (non-hydrogen) atoms. The first kappa shape index (κ1) is 20.5. The van der Waals surface area contributed by atoms with E-state index in [2.05, 4.69) is 74.0 Å². The van der Waals surface area contributed by atoms with Crippen LogP contribution >= 0.6 is 0 Å². The Labute approximate surface area is 169 Å². The Bertz CT molecular complexity index is 963. The van der Waals surface area contributed by atoms with Crippen molar-refractivity contribution >= 4 is 27.5 Å². The molecule has 1 atom stereocenters. The largest absolute Gasteiger partial charge is 0.392 e. The van der Waals surface area contributed by atoms with Crippen molar-refractivity contribution in [3.05, 3.63) is 53.6 Å². The predicted molar refractivity (Wildman–Crippen MR) is 122 cm³/mol. The lowest BCUT2D eigenvalue weighted by molar-refractivity contribution is 0.282. The summed E-state index contributed by atoms with van der Waals surface area (Å²) in [4.78, 5) is 0. The number of aromatic nitrogens is 1. The Balaban J connectivity index is 1.74. The summed E-state index contributed by atoms with van der Waals surface area (Å²) in [5, 5.41) is 15.6. The molecular formula is C25H34N2O. The lowest BCUT2D eigenvalue weighted by Crippen LogP contribution is -2.06. The monoisotopic (exact) mass is 378 g/mol. The zero-order valence-corrected chi connectivity index (χ0v) is 17.8. The highest BCUT2D eigenvalue weighted by Crippen LogP contribution is 2.32. The van der Waals surface area contributed by atoms with Gasteiger partial charge in [-0.1, -0.05) is 24.6 Å². The zero-order chi connectivity index (χ0) is 20.1. The Morgan fingerprint density at radius 3 is 2.46 bits per heavy atom. The molecule has 0 fully saturated rings. The molecule has 0 saturated heterocycles. The summed E-state index contributed by atoms with van der Waals surface area (Å²) in [6.07, 6.45) is 5.95. The molecule has 0 radical (unpaired) electrons. The lowest BCUT2D eigenvalue weighted by Gasteiger charge is -2.12. The number of aryl methyl sites for hydroxylation is 1. The van der Waals surface area contributed by atoms with Crippen LogP contribution in [0.4, 0.5) is 5.69 Å². The molecule has 0 saturated carbocycles. The summed E-state index contributed by atoms with van der Waals surface area (Å²) in [5.74, 6) is 0.723. The van der Waals surface area contributed by atoms with E-state index in [-0.39, 0.29) is 6.61 Å². The molecule has 0 bridgehead atoms. The average Bonchev–Trinajstić information content (AvgIpc) is 3.00. The number of fused-ring (bicyclic) bond motifs is 3. The summed E-state index contributed by atoms with van der Waals surface area (Å²) < 4.78 is 2.35. The van der Waals surface area contributed by atoms with Crippen molar-refractivity contribution in [3.63, 3.8) is 0 Å². The van der Waals surface area contributed by atoms with E-state index in [1.54, 1.807) is 0 Å². The molecule has 150 valence electrons. The summed E-state index contributed by atoms with van der Waals surface area (Å²) >= 11 is 0. The van der Waals surface area contributed by atoms with Crippen molar-refractivity contribution in [1.29, 1.82) is 0 Å². The molecule has 1 heterocycles. The number of aliphatic hydroxyl groups excluding tert-OH is 1. The summed E-state index contributed by atoms with van der Waals surface area (Å²) in [6.45, 7) is 10.9. The fourth-order valence-electron chi connectivity index (χ4n) is 3.96. The van der Waals surface area contributed by atoms with E-state index >= 15 is 0 Å². The first-order valence-corrected chi connectivity index (χ1v) is 10.6. The molecule has 3 aromatic rings. The molecule has 3 heteroatoms. The van der Waals surface area contributed by atoms with Gasteiger partial charge in [-0.15, -0.1) is 0 Å². The number of aliphatic hydroxyl groups is 1. The Hall–Kier alpha value is -2.26. The van der Waals surface area contributed by atoms with Crippen LogP contribution < -0.4 is 5.32 Å². The highest BCUT2D eigenvalue weighted by atomic mass is 16.3. The lowest BCUT2D eigenvalue weighted by atomic mass is 10.0. The summed E-state index contributed by atoms with van der Waals surface area (Å²) in [5.41, 5.74) is 6.04. The Morgan fingerprint density at radius 2 is 1.79 bits per heavy atom. The van der Waals surface area contributed by atoms with Crippen LogP contribution in [0.15, 0.2) is 48.0 Å². The van der Waals surface area contributed by atoms with Gasteiger partial charge in [-0.25, -0.2) is 0 Å². The second kappa shape index (κ2) is 9.29. The molecule has 3 rings (SSSR count). The predicted octanol–water partition coefficient (Wildman–Crippen LogP) is 6.49. The van der Waals surface area contributed by atoms with Crippen LogP contribution in [0.1, 0.15) is 52.5 Å². The summed E-state index contributed by atoms with van der Waals surface area (Å²) in [6, 6.07) is 12.9. The SMILES string of the molecule is CCn1c2ccc(CO)cc2c2cc(NCCC(C)CCC=C(C)C)ccc21. The Morgan fingerprint density at radius 1 is 1.07 bits per heavy atom. The van der Waals surface area contributed by atoms with Gasteiger partial charge in [-0.3, -0.25) is 0 Å². The average molecular weight is 379 g/mol. The maximum absolute atomic E-state index is 9.52. The topological polar surface area (TPSA) is 37.2 Å². The van der Waals surface area contributed by atoms with Crippen molar-refractivity contribution < 1.29 is 5.11 Å². The van der Waals surface area contributed by atoms with E-state index < -0.39 is 0 Å². The second-order valence-electron chi connectivity index (χ2n) is 8.17. The number of benzene rings is 2. The molecule has 0 amide bonds. The van der Waals surface area contributed by atoms with Crippen molar-refractivity contribution in [2.45, 2.75) is 60.1 Å². The first-order valence-electron chi connectivity index (χ1n) is 10.6. The van der Waals surface area contributed by atoms with E-state index in [4.69, 9.17) is 0 Å². The molecular weight excluding hydrogens is 344 g/mol.